The van der Waals surface area contributed by atoms with Crippen molar-refractivity contribution in [3.63, 3.8) is 0 Å². The highest BCUT2D eigenvalue weighted by Gasteiger charge is 2.48. The van der Waals surface area contributed by atoms with Crippen LogP contribution in [0.2, 0.25) is 0 Å². The maximum Gasteiger partial charge on any atom is 0.490 e. The lowest BCUT2D eigenvalue weighted by atomic mass is 9.84. The monoisotopic (exact) mass is 444 g/mol. The summed E-state index contributed by atoms with van der Waals surface area (Å²) in [4.78, 5) is 19.5. The lowest BCUT2D eigenvalue weighted by Gasteiger charge is -2.53. The topological polar surface area (TPSA) is 111 Å². The van der Waals surface area contributed by atoms with Gasteiger partial charge >= 0.3 is 12.1 Å². The van der Waals surface area contributed by atoms with Gasteiger partial charge in [-0.3, -0.25) is 9.88 Å². The Labute approximate surface area is 176 Å². The maximum atomic E-state index is 10.6. The van der Waals surface area contributed by atoms with Crippen LogP contribution in [0.1, 0.15) is 29.9 Å². The quantitative estimate of drug-likeness (QED) is 0.760. The van der Waals surface area contributed by atoms with Gasteiger partial charge in [-0.05, 0) is 13.8 Å². The number of hydrogen-bond acceptors (Lipinski definition) is 8. The molecule has 0 aromatic carbocycles. The van der Waals surface area contributed by atoms with Gasteiger partial charge < -0.3 is 19.1 Å². The van der Waals surface area contributed by atoms with Crippen LogP contribution in [-0.4, -0.2) is 68.7 Å². The molecule has 12 heteroatoms. The fourth-order valence-electron chi connectivity index (χ4n) is 3.65. The first kappa shape index (κ1) is 22.9. The summed E-state index contributed by atoms with van der Waals surface area (Å²) in [6.07, 6.45) is 1.80. The number of aromatic nitrogens is 3. The van der Waals surface area contributed by atoms with Gasteiger partial charge in [0.2, 0.25) is 5.88 Å². The number of aryl methyl sites for hydroxylation is 2. The number of carbonyl (C=O) groups is 1. The smallest absolute Gasteiger partial charge is 0.475 e. The van der Waals surface area contributed by atoms with Crippen LogP contribution in [0.5, 0.6) is 5.88 Å². The first-order valence-corrected chi connectivity index (χ1v) is 9.59. The Hall–Kier alpha value is -2.73. The van der Waals surface area contributed by atoms with Crippen LogP contribution in [-0.2, 0) is 16.1 Å². The third-order valence-corrected chi connectivity index (χ3v) is 5.10. The minimum absolute atomic E-state index is 0.0932. The van der Waals surface area contributed by atoms with Gasteiger partial charge in [0.25, 0.3) is 0 Å². The standard InChI is InChI=1S/C17H22N4O3.C2HF3O2/c1-12-15(13(2)24-20-12)9-21-10-17(11-21)7-14(3-6-22-17)23-16-8-18-4-5-19-16;3-2(4,5)1(6)7/h4-5,8,14H,3,6-7,9-11H2,1-2H3;(H,6,7). The van der Waals surface area contributed by atoms with Crippen LogP contribution >= 0.6 is 0 Å². The second-order valence-electron chi connectivity index (χ2n) is 7.56. The second kappa shape index (κ2) is 9.18. The lowest BCUT2D eigenvalue weighted by Crippen LogP contribution is -2.65. The highest BCUT2D eigenvalue weighted by molar-refractivity contribution is 5.73. The van der Waals surface area contributed by atoms with E-state index in [1.807, 2.05) is 13.8 Å². The predicted octanol–water partition coefficient (Wildman–Crippen LogP) is 2.53. The van der Waals surface area contributed by atoms with Crippen LogP contribution in [0.4, 0.5) is 13.2 Å². The van der Waals surface area contributed by atoms with E-state index in [0.717, 1.165) is 50.5 Å². The van der Waals surface area contributed by atoms with E-state index in [-0.39, 0.29) is 11.7 Å². The zero-order valence-corrected chi connectivity index (χ0v) is 17.1. The first-order chi connectivity index (χ1) is 14.6. The maximum absolute atomic E-state index is 10.6. The third kappa shape index (κ3) is 5.91. The van der Waals surface area contributed by atoms with Gasteiger partial charge in [0.1, 0.15) is 11.9 Å². The molecular weight excluding hydrogens is 421 g/mol. The van der Waals surface area contributed by atoms with Gasteiger partial charge in [-0.25, -0.2) is 9.78 Å². The molecule has 2 saturated heterocycles. The van der Waals surface area contributed by atoms with Crippen LogP contribution in [0.3, 0.4) is 0 Å². The molecule has 2 aromatic rings. The van der Waals surface area contributed by atoms with Gasteiger partial charge in [-0.15, -0.1) is 0 Å². The SMILES string of the molecule is Cc1noc(C)c1CN1CC2(CC(Oc3cnccn3)CCO2)C1.O=C(O)C(F)(F)F. The molecule has 0 saturated carbocycles. The van der Waals surface area contributed by atoms with E-state index in [9.17, 15) is 13.2 Å². The van der Waals surface area contributed by atoms with Gasteiger partial charge in [0.15, 0.2) is 0 Å². The molecule has 0 amide bonds. The third-order valence-electron chi connectivity index (χ3n) is 5.10. The number of carboxylic acids is 1. The average molecular weight is 444 g/mol. The van der Waals surface area contributed by atoms with Gasteiger partial charge in [0, 0.05) is 50.4 Å². The van der Waals surface area contributed by atoms with Crippen molar-refractivity contribution in [1.29, 1.82) is 0 Å². The number of carboxylic acid groups (broad SMARTS) is 1. The Kier molecular flexibility index (Phi) is 6.80. The molecule has 9 nitrogen and oxygen atoms in total. The van der Waals surface area contributed by atoms with Crippen LogP contribution in [0.25, 0.3) is 0 Å². The molecule has 0 radical (unpaired) electrons. The highest BCUT2D eigenvalue weighted by Crippen LogP contribution is 2.36. The number of ether oxygens (including phenoxy) is 2. The van der Waals surface area contributed by atoms with Crippen molar-refractivity contribution in [2.24, 2.45) is 0 Å². The summed E-state index contributed by atoms with van der Waals surface area (Å²) in [7, 11) is 0. The van der Waals surface area contributed by atoms with Crippen molar-refractivity contribution in [2.75, 3.05) is 19.7 Å². The van der Waals surface area contributed by atoms with Gasteiger partial charge in [-0.1, -0.05) is 5.16 Å². The number of alkyl halides is 3. The molecular formula is C19H23F3N4O5. The van der Waals surface area contributed by atoms with E-state index in [1.54, 1.807) is 18.6 Å². The molecule has 1 spiro atoms. The molecule has 31 heavy (non-hydrogen) atoms. The van der Waals surface area contributed by atoms with Crippen LogP contribution < -0.4 is 4.74 Å². The van der Waals surface area contributed by atoms with E-state index in [2.05, 4.69) is 20.0 Å². The molecule has 1 unspecified atom stereocenters. The molecule has 2 aliphatic heterocycles. The molecule has 2 fully saturated rings. The average Bonchev–Trinajstić information content (AvgIpc) is 3.00. The summed E-state index contributed by atoms with van der Waals surface area (Å²) in [5.74, 6) is -1.26. The minimum Gasteiger partial charge on any atom is -0.475 e. The molecule has 170 valence electrons. The normalized spacial score (nSPS) is 20.5. The summed E-state index contributed by atoms with van der Waals surface area (Å²) in [6, 6.07) is 0. The molecule has 4 rings (SSSR count). The number of rotatable bonds is 4. The van der Waals surface area contributed by atoms with E-state index < -0.39 is 12.1 Å². The zero-order valence-electron chi connectivity index (χ0n) is 17.1. The predicted molar refractivity (Wildman–Crippen MR) is 99.3 cm³/mol. The number of nitrogens with zero attached hydrogens (tertiary/aromatic N) is 4. The van der Waals surface area contributed by atoms with Crippen molar-refractivity contribution in [1.82, 2.24) is 20.0 Å². The molecule has 0 aliphatic carbocycles. The number of likely N-dealkylation sites (tertiary alicyclic amines) is 1. The van der Waals surface area contributed by atoms with E-state index in [0.29, 0.717) is 5.88 Å². The molecule has 2 aliphatic rings. The molecule has 2 aromatic heterocycles. The number of halogens is 3. The van der Waals surface area contributed by atoms with Crippen LogP contribution in [0.15, 0.2) is 23.1 Å². The van der Waals surface area contributed by atoms with Gasteiger partial charge in [0.05, 0.1) is 24.1 Å². The van der Waals surface area contributed by atoms with Crippen molar-refractivity contribution in [2.45, 2.75) is 51.1 Å². The lowest BCUT2D eigenvalue weighted by molar-refractivity contribution is -0.192. The van der Waals surface area contributed by atoms with Crippen molar-refractivity contribution < 1.29 is 37.1 Å². The zero-order chi connectivity index (χ0) is 22.6. The summed E-state index contributed by atoms with van der Waals surface area (Å²) in [5.41, 5.74) is 2.07. The fourth-order valence-corrected chi connectivity index (χ4v) is 3.65. The van der Waals surface area contributed by atoms with E-state index in [1.165, 1.54) is 5.56 Å². The number of aliphatic carboxylic acids is 1. The van der Waals surface area contributed by atoms with Crippen molar-refractivity contribution in [3.05, 3.63) is 35.6 Å². The van der Waals surface area contributed by atoms with E-state index >= 15 is 0 Å². The van der Waals surface area contributed by atoms with Crippen molar-refractivity contribution >= 4 is 5.97 Å². The fraction of sp³-hybridized carbons (Fsp3) is 0.579. The summed E-state index contributed by atoms with van der Waals surface area (Å²) in [5, 5.41) is 11.1. The van der Waals surface area contributed by atoms with Gasteiger partial charge in [-0.2, -0.15) is 13.2 Å². The first-order valence-electron chi connectivity index (χ1n) is 9.59. The summed E-state index contributed by atoms with van der Waals surface area (Å²) < 4.78 is 49.0. The van der Waals surface area contributed by atoms with Crippen molar-refractivity contribution in [3.8, 4) is 5.88 Å². The number of hydrogen-bond donors (Lipinski definition) is 1. The molecule has 4 heterocycles. The molecule has 0 bridgehead atoms. The van der Waals surface area contributed by atoms with E-state index in [4.69, 9.17) is 23.9 Å². The Bertz CT molecular complexity index is 865. The van der Waals surface area contributed by atoms with Crippen LogP contribution in [0, 0.1) is 13.8 Å². The summed E-state index contributed by atoms with van der Waals surface area (Å²) >= 11 is 0. The Morgan fingerprint density at radius 3 is 2.61 bits per heavy atom. The molecule has 1 N–H and O–H groups in total. The molecule has 1 atom stereocenters. The highest BCUT2D eigenvalue weighted by atomic mass is 19.4. The largest absolute Gasteiger partial charge is 0.490 e. The second-order valence-corrected chi connectivity index (χ2v) is 7.56. The minimum atomic E-state index is -5.08. The Morgan fingerprint density at radius 1 is 1.35 bits per heavy atom. The Morgan fingerprint density at radius 2 is 2.06 bits per heavy atom. The summed E-state index contributed by atoms with van der Waals surface area (Å²) in [6.45, 7) is 7.37. The Balaban J connectivity index is 0.000000339.